The number of carbonyl (C=O) groups is 2. The Balaban J connectivity index is 2.27. The van der Waals surface area contributed by atoms with E-state index >= 15 is 0 Å². The summed E-state index contributed by atoms with van der Waals surface area (Å²) in [5.74, 6) is -0.960. The first kappa shape index (κ1) is 12.4. The fourth-order valence-electron chi connectivity index (χ4n) is 1.52. The summed E-state index contributed by atoms with van der Waals surface area (Å²) >= 11 is 5.85. The van der Waals surface area contributed by atoms with Crippen LogP contribution in [-0.2, 0) is 14.3 Å². The minimum Gasteiger partial charge on any atom is -0.463 e. The Morgan fingerprint density at radius 3 is 2.89 bits per heavy atom. The van der Waals surface area contributed by atoms with Crippen molar-refractivity contribution < 1.29 is 14.3 Å². The number of benzene rings is 1. The minimum absolute atomic E-state index is 0.128. The van der Waals surface area contributed by atoms with Gasteiger partial charge in [0.05, 0.1) is 24.1 Å². The van der Waals surface area contributed by atoms with Crippen LogP contribution >= 0.6 is 11.6 Å². The van der Waals surface area contributed by atoms with Crippen LogP contribution in [0.3, 0.4) is 0 Å². The van der Waals surface area contributed by atoms with Crippen molar-refractivity contribution in [3.63, 3.8) is 0 Å². The fourth-order valence-corrected chi connectivity index (χ4v) is 1.70. The number of halogens is 1. The molecule has 1 aliphatic rings. The lowest BCUT2D eigenvalue weighted by molar-refractivity contribution is -0.137. The maximum Gasteiger partial charge on any atom is 0.333 e. The third-order valence-corrected chi connectivity index (χ3v) is 2.53. The van der Waals surface area contributed by atoms with Crippen molar-refractivity contribution in [2.24, 2.45) is 0 Å². The Morgan fingerprint density at radius 1 is 1.39 bits per heavy atom. The van der Waals surface area contributed by atoms with Gasteiger partial charge in [0.25, 0.3) is 5.91 Å². The molecule has 1 aromatic carbocycles. The van der Waals surface area contributed by atoms with Crippen LogP contribution in [0, 0.1) is 0 Å². The van der Waals surface area contributed by atoms with Gasteiger partial charge in [-0.1, -0.05) is 11.6 Å². The highest BCUT2D eigenvalue weighted by Gasteiger charge is 2.20. The number of fused-ring (bicyclic) bond motifs is 1. The summed E-state index contributed by atoms with van der Waals surface area (Å²) in [5, 5.41) is 6.02. The van der Waals surface area contributed by atoms with E-state index < -0.39 is 11.9 Å². The molecule has 18 heavy (non-hydrogen) atoms. The molecule has 0 saturated heterocycles. The van der Waals surface area contributed by atoms with Gasteiger partial charge in [-0.05, 0) is 25.1 Å². The third kappa shape index (κ3) is 2.62. The van der Waals surface area contributed by atoms with E-state index in [4.69, 9.17) is 16.3 Å². The smallest absolute Gasteiger partial charge is 0.333 e. The van der Waals surface area contributed by atoms with Crippen LogP contribution in [0.5, 0.6) is 0 Å². The maximum atomic E-state index is 11.7. The van der Waals surface area contributed by atoms with Crippen LogP contribution in [0.2, 0.25) is 5.02 Å². The van der Waals surface area contributed by atoms with Gasteiger partial charge in [0, 0.05) is 5.02 Å². The van der Waals surface area contributed by atoms with Crippen LogP contribution < -0.4 is 10.6 Å². The molecule has 2 rings (SSSR count). The van der Waals surface area contributed by atoms with Gasteiger partial charge in [-0.3, -0.25) is 4.79 Å². The van der Waals surface area contributed by atoms with Crippen molar-refractivity contribution in [2.75, 3.05) is 17.2 Å². The quantitative estimate of drug-likeness (QED) is 0.636. The lowest BCUT2D eigenvalue weighted by Gasteiger charge is -2.20. The number of hydrogen-bond donors (Lipinski definition) is 2. The lowest BCUT2D eigenvalue weighted by atomic mass is 10.2. The SMILES string of the molecule is CCOC(=O)/C=C1/Nc2cc(Cl)ccc2NC1=O. The largest absolute Gasteiger partial charge is 0.463 e. The molecule has 0 radical (unpaired) electrons. The van der Waals surface area contributed by atoms with Crippen LogP contribution in [0.15, 0.2) is 30.0 Å². The van der Waals surface area contributed by atoms with Crippen molar-refractivity contribution in [3.8, 4) is 0 Å². The Labute approximate surface area is 109 Å². The number of carbonyl (C=O) groups excluding carboxylic acids is 2. The summed E-state index contributed by atoms with van der Waals surface area (Å²) in [7, 11) is 0. The van der Waals surface area contributed by atoms with Crippen molar-refractivity contribution in [2.45, 2.75) is 6.92 Å². The monoisotopic (exact) mass is 266 g/mol. The molecule has 1 heterocycles. The van der Waals surface area contributed by atoms with E-state index in [0.29, 0.717) is 16.4 Å². The van der Waals surface area contributed by atoms with E-state index in [2.05, 4.69) is 10.6 Å². The molecule has 0 aromatic heterocycles. The number of nitrogens with one attached hydrogen (secondary N) is 2. The molecule has 0 saturated carbocycles. The molecular weight excluding hydrogens is 256 g/mol. The van der Waals surface area contributed by atoms with Gasteiger partial charge in [0.1, 0.15) is 5.70 Å². The maximum absolute atomic E-state index is 11.7. The highest BCUT2D eigenvalue weighted by atomic mass is 35.5. The Kier molecular flexibility index (Phi) is 3.53. The molecule has 0 fully saturated rings. The van der Waals surface area contributed by atoms with Gasteiger partial charge < -0.3 is 15.4 Å². The summed E-state index contributed by atoms with van der Waals surface area (Å²) in [6.45, 7) is 1.95. The average molecular weight is 267 g/mol. The molecule has 5 nitrogen and oxygen atoms in total. The Hall–Kier alpha value is -2.01. The zero-order valence-electron chi connectivity index (χ0n) is 9.62. The van der Waals surface area contributed by atoms with E-state index in [1.54, 1.807) is 25.1 Å². The molecule has 2 N–H and O–H groups in total. The summed E-state index contributed by atoms with van der Waals surface area (Å²) in [6, 6.07) is 5.02. The van der Waals surface area contributed by atoms with Gasteiger partial charge in [-0.15, -0.1) is 0 Å². The Morgan fingerprint density at radius 2 is 2.17 bits per heavy atom. The highest BCUT2D eigenvalue weighted by molar-refractivity contribution is 6.31. The van der Waals surface area contributed by atoms with E-state index in [-0.39, 0.29) is 12.3 Å². The van der Waals surface area contributed by atoms with Crippen LogP contribution in [0.1, 0.15) is 6.92 Å². The van der Waals surface area contributed by atoms with Crippen LogP contribution in [0.25, 0.3) is 0 Å². The summed E-state index contributed by atoms with van der Waals surface area (Å²) in [5.41, 5.74) is 1.38. The van der Waals surface area contributed by atoms with E-state index in [0.717, 1.165) is 6.08 Å². The molecule has 0 atom stereocenters. The number of hydrogen-bond acceptors (Lipinski definition) is 4. The first-order chi connectivity index (χ1) is 8.60. The fraction of sp³-hybridized carbons (Fsp3) is 0.167. The van der Waals surface area contributed by atoms with Crippen LogP contribution in [-0.4, -0.2) is 18.5 Å². The van der Waals surface area contributed by atoms with Gasteiger partial charge in [-0.25, -0.2) is 4.79 Å². The molecule has 0 spiro atoms. The van der Waals surface area contributed by atoms with E-state index in [1.165, 1.54) is 0 Å². The summed E-state index contributed by atoms with van der Waals surface area (Å²) < 4.78 is 4.74. The third-order valence-electron chi connectivity index (χ3n) is 2.29. The van der Waals surface area contributed by atoms with E-state index in [1.807, 2.05) is 0 Å². The summed E-state index contributed by atoms with van der Waals surface area (Å²) in [4.78, 5) is 23.0. The number of ether oxygens (including phenoxy) is 1. The molecule has 0 aliphatic carbocycles. The van der Waals surface area contributed by atoms with Gasteiger partial charge in [0.15, 0.2) is 0 Å². The van der Waals surface area contributed by atoms with Crippen molar-refractivity contribution in [3.05, 3.63) is 35.0 Å². The molecule has 0 bridgehead atoms. The Bertz CT molecular complexity index is 540. The average Bonchev–Trinajstić information content (AvgIpc) is 2.31. The zero-order chi connectivity index (χ0) is 13.1. The normalized spacial score (nSPS) is 15.7. The van der Waals surface area contributed by atoms with Crippen molar-refractivity contribution >= 4 is 34.9 Å². The topological polar surface area (TPSA) is 67.4 Å². The highest BCUT2D eigenvalue weighted by Crippen LogP contribution is 2.30. The predicted octanol–water partition coefficient (Wildman–Crippen LogP) is 2.15. The first-order valence-electron chi connectivity index (χ1n) is 5.36. The molecular formula is C12H11ClN2O3. The van der Waals surface area contributed by atoms with Crippen molar-refractivity contribution in [1.29, 1.82) is 0 Å². The number of rotatable bonds is 2. The van der Waals surface area contributed by atoms with Gasteiger partial charge >= 0.3 is 5.97 Å². The lowest BCUT2D eigenvalue weighted by Crippen LogP contribution is -2.26. The molecule has 94 valence electrons. The minimum atomic E-state index is -0.569. The van der Waals surface area contributed by atoms with Gasteiger partial charge in [0.2, 0.25) is 0 Å². The van der Waals surface area contributed by atoms with Crippen molar-refractivity contribution in [1.82, 2.24) is 0 Å². The second-order valence-electron chi connectivity index (χ2n) is 3.58. The second kappa shape index (κ2) is 5.10. The summed E-state index contributed by atoms with van der Waals surface area (Å²) in [6.07, 6.45) is 1.11. The van der Waals surface area contributed by atoms with Crippen LogP contribution in [0.4, 0.5) is 11.4 Å². The molecule has 1 aliphatic heterocycles. The standard InChI is InChI=1S/C12H11ClN2O3/c1-2-18-11(16)6-10-12(17)15-8-4-3-7(13)5-9(8)14-10/h3-6,14H,2H2,1H3,(H,15,17)/b10-6+. The molecule has 6 heteroatoms. The molecule has 1 amide bonds. The molecule has 0 unspecified atom stereocenters. The zero-order valence-corrected chi connectivity index (χ0v) is 10.4. The number of anilines is 2. The second-order valence-corrected chi connectivity index (χ2v) is 4.02. The predicted molar refractivity (Wildman–Crippen MR) is 68.4 cm³/mol. The first-order valence-corrected chi connectivity index (χ1v) is 5.74. The van der Waals surface area contributed by atoms with Gasteiger partial charge in [-0.2, -0.15) is 0 Å². The number of esters is 1. The van der Waals surface area contributed by atoms with E-state index in [9.17, 15) is 9.59 Å². The molecule has 1 aromatic rings. The number of amides is 1.